The monoisotopic (exact) mass is 269 g/mol. The number of nitro groups is 1. The molecule has 0 aliphatic rings. The van der Waals surface area contributed by atoms with Gasteiger partial charge in [-0.1, -0.05) is 68.4 Å². The third kappa shape index (κ3) is 3.44. The molecule has 3 nitrogen and oxygen atoms in total. The fourth-order valence-electron chi connectivity index (χ4n) is 2.35. The lowest BCUT2D eigenvalue weighted by Gasteiger charge is -2.15. The van der Waals surface area contributed by atoms with Gasteiger partial charge >= 0.3 is 0 Å². The highest BCUT2D eigenvalue weighted by Gasteiger charge is 2.19. The zero-order valence-corrected chi connectivity index (χ0v) is 11.8. The smallest absolute Gasteiger partial charge is 0.214 e. The highest BCUT2D eigenvalue weighted by atomic mass is 16.6. The average Bonchev–Trinajstić information content (AvgIpc) is 2.45. The quantitative estimate of drug-likeness (QED) is 0.602. The second kappa shape index (κ2) is 6.33. The number of nitrogens with zero attached hydrogens (tertiary/aromatic N) is 1. The van der Waals surface area contributed by atoms with Crippen molar-refractivity contribution in [1.82, 2.24) is 0 Å². The first-order valence-electron chi connectivity index (χ1n) is 6.84. The molecule has 0 heterocycles. The van der Waals surface area contributed by atoms with Gasteiger partial charge in [-0.3, -0.25) is 10.1 Å². The molecule has 0 aliphatic carbocycles. The van der Waals surface area contributed by atoms with Crippen LogP contribution >= 0.6 is 0 Å². The molecule has 2 aromatic carbocycles. The van der Waals surface area contributed by atoms with Gasteiger partial charge in [0.25, 0.3) is 0 Å². The Balaban J connectivity index is 2.34. The number of hydrogen-bond donors (Lipinski definition) is 0. The molecule has 1 atom stereocenters. The fourth-order valence-corrected chi connectivity index (χ4v) is 2.35. The summed E-state index contributed by atoms with van der Waals surface area (Å²) in [7, 11) is 0. The highest BCUT2D eigenvalue weighted by molar-refractivity contribution is 5.34. The van der Waals surface area contributed by atoms with E-state index in [4.69, 9.17) is 0 Å². The zero-order valence-electron chi connectivity index (χ0n) is 11.8. The highest BCUT2D eigenvalue weighted by Crippen LogP contribution is 2.26. The van der Waals surface area contributed by atoms with E-state index in [0.717, 1.165) is 11.1 Å². The lowest BCUT2D eigenvalue weighted by molar-refractivity contribution is -0.481. The molecule has 0 N–H and O–H groups in total. The van der Waals surface area contributed by atoms with Crippen molar-refractivity contribution in [3.05, 3.63) is 81.4 Å². The Bertz CT molecular complexity index is 561. The second-order valence-electron chi connectivity index (χ2n) is 5.30. The van der Waals surface area contributed by atoms with E-state index in [1.807, 2.05) is 42.5 Å². The summed E-state index contributed by atoms with van der Waals surface area (Å²) in [6.45, 7) is 4.20. The van der Waals surface area contributed by atoms with Gasteiger partial charge in [0.15, 0.2) is 0 Å². The summed E-state index contributed by atoms with van der Waals surface area (Å²) in [5, 5.41) is 10.9. The molecule has 1 unspecified atom stereocenters. The standard InChI is InChI=1S/C17H19NO2/c1-13(2)14-8-10-16(11-9-14)17(12-18(19)20)15-6-4-3-5-7-15/h3-11,13,17H,12H2,1-2H3. The second-order valence-corrected chi connectivity index (χ2v) is 5.30. The van der Waals surface area contributed by atoms with Crippen molar-refractivity contribution < 1.29 is 4.92 Å². The zero-order chi connectivity index (χ0) is 14.5. The number of rotatable bonds is 5. The van der Waals surface area contributed by atoms with E-state index in [1.54, 1.807) is 0 Å². The van der Waals surface area contributed by atoms with E-state index in [1.165, 1.54) is 5.56 Å². The molecule has 0 aliphatic heterocycles. The van der Waals surface area contributed by atoms with Gasteiger partial charge in [0.05, 0.1) is 5.92 Å². The third-order valence-electron chi connectivity index (χ3n) is 3.54. The first-order valence-corrected chi connectivity index (χ1v) is 6.84. The molecule has 0 spiro atoms. The van der Waals surface area contributed by atoms with Crippen molar-refractivity contribution in [2.24, 2.45) is 0 Å². The maximum atomic E-state index is 10.9. The molecule has 20 heavy (non-hydrogen) atoms. The van der Waals surface area contributed by atoms with Crippen LogP contribution in [0.15, 0.2) is 54.6 Å². The van der Waals surface area contributed by atoms with Crippen LogP contribution < -0.4 is 0 Å². The van der Waals surface area contributed by atoms with Gasteiger partial charge in [0, 0.05) is 4.92 Å². The van der Waals surface area contributed by atoms with Gasteiger partial charge < -0.3 is 0 Å². The van der Waals surface area contributed by atoms with Crippen molar-refractivity contribution in [1.29, 1.82) is 0 Å². The van der Waals surface area contributed by atoms with Crippen molar-refractivity contribution >= 4 is 0 Å². The fraction of sp³-hybridized carbons (Fsp3) is 0.294. The minimum absolute atomic E-state index is 0.0783. The Hall–Kier alpha value is -2.16. The third-order valence-corrected chi connectivity index (χ3v) is 3.54. The summed E-state index contributed by atoms with van der Waals surface area (Å²) in [5.74, 6) is 0.280. The molecule has 0 amide bonds. The van der Waals surface area contributed by atoms with E-state index in [9.17, 15) is 10.1 Å². The van der Waals surface area contributed by atoms with Gasteiger partial charge in [-0.05, 0) is 22.6 Å². The van der Waals surface area contributed by atoms with Crippen molar-refractivity contribution in [2.75, 3.05) is 6.54 Å². The maximum Gasteiger partial charge on any atom is 0.214 e. The molecule has 0 aromatic heterocycles. The number of hydrogen-bond acceptors (Lipinski definition) is 2. The molecular formula is C17H19NO2. The molecule has 2 aromatic rings. The predicted molar refractivity (Wildman–Crippen MR) is 80.7 cm³/mol. The van der Waals surface area contributed by atoms with Crippen molar-refractivity contribution in [3.63, 3.8) is 0 Å². The molecule has 0 saturated heterocycles. The normalized spacial score (nSPS) is 12.3. The summed E-state index contributed by atoms with van der Waals surface area (Å²) in [6.07, 6.45) is 0. The van der Waals surface area contributed by atoms with Gasteiger partial charge in [0.2, 0.25) is 6.54 Å². The van der Waals surface area contributed by atoms with Crippen LogP contribution in [0.5, 0.6) is 0 Å². The minimum Gasteiger partial charge on any atom is -0.265 e. The molecule has 0 radical (unpaired) electrons. The molecule has 104 valence electrons. The van der Waals surface area contributed by atoms with Crippen LogP contribution in [0.4, 0.5) is 0 Å². The van der Waals surface area contributed by atoms with Crippen molar-refractivity contribution in [3.8, 4) is 0 Å². The molecule has 3 heteroatoms. The predicted octanol–water partition coefficient (Wildman–Crippen LogP) is 4.22. The summed E-state index contributed by atoms with van der Waals surface area (Å²) < 4.78 is 0. The Labute approximate surface area is 119 Å². The lowest BCUT2D eigenvalue weighted by Crippen LogP contribution is -2.14. The van der Waals surface area contributed by atoms with Crippen LogP contribution in [-0.4, -0.2) is 11.5 Å². The first-order chi connectivity index (χ1) is 9.58. The average molecular weight is 269 g/mol. The van der Waals surface area contributed by atoms with E-state index < -0.39 is 0 Å². The first kappa shape index (κ1) is 14.3. The summed E-state index contributed by atoms with van der Waals surface area (Å²) in [4.78, 5) is 10.7. The molecular weight excluding hydrogens is 250 g/mol. The van der Waals surface area contributed by atoms with Crippen LogP contribution in [-0.2, 0) is 0 Å². The van der Waals surface area contributed by atoms with E-state index in [2.05, 4.69) is 26.0 Å². The van der Waals surface area contributed by atoms with E-state index >= 15 is 0 Å². The number of benzene rings is 2. The lowest BCUT2D eigenvalue weighted by atomic mass is 9.90. The molecule has 0 bridgehead atoms. The SMILES string of the molecule is CC(C)c1ccc(C(C[N+](=O)[O-])c2ccccc2)cc1. The van der Waals surface area contributed by atoms with E-state index in [0.29, 0.717) is 5.92 Å². The Morgan fingerprint density at radius 1 is 0.900 bits per heavy atom. The summed E-state index contributed by atoms with van der Waals surface area (Å²) in [5.41, 5.74) is 3.24. The van der Waals surface area contributed by atoms with Crippen LogP contribution in [0.3, 0.4) is 0 Å². The van der Waals surface area contributed by atoms with Gasteiger partial charge in [-0.15, -0.1) is 0 Å². The van der Waals surface area contributed by atoms with Gasteiger partial charge in [-0.25, -0.2) is 0 Å². The van der Waals surface area contributed by atoms with Crippen LogP contribution in [0.1, 0.15) is 42.4 Å². The summed E-state index contributed by atoms with van der Waals surface area (Å²) >= 11 is 0. The van der Waals surface area contributed by atoms with Crippen molar-refractivity contribution in [2.45, 2.75) is 25.7 Å². The minimum atomic E-state index is -0.242. The largest absolute Gasteiger partial charge is 0.265 e. The molecule has 0 fully saturated rings. The molecule has 2 rings (SSSR count). The Morgan fingerprint density at radius 3 is 1.90 bits per heavy atom. The van der Waals surface area contributed by atoms with Gasteiger partial charge in [-0.2, -0.15) is 0 Å². The Morgan fingerprint density at radius 2 is 1.40 bits per heavy atom. The topological polar surface area (TPSA) is 43.1 Å². The Kier molecular flexibility index (Phi) is 4.51. The summed E-state index contributed by atoms with van der Waals surface area (Å²) in [6, 6.07) is 17.8. The molecule has 0 saturated carbocycles. The van der Waals surface area contributed by atoms with Crippen LogP contribution in [0.25, 0.3) is 0 Å². The maximum absolute atomic E-state index is 10.9. The van der Waals surface area contributed by atoms with Crippen LogP contribution in [0, 0.1) is 10.1 Å². The van der Waals surface area contributed by atoms with Crippen LogP contribution in [0.2, 0.25) is 0 Å². The van der Waals surface area contributed by atoms with Gasteiger partial charge in [0.1, 0.15) is 0 Å². The van der Waals surface area contributed by atoms with E-state index in [-0.39, 0.29) is 17.4 Å².